The molecule has 0 bridgehead atoms. The fourth-order valence-corrected chi connectivity index (χ4v) is 5.32. The molecule has 9 nitrogen and oxygen atoms in total. The van der Waals surface area contributed by atoms with Crippen molar-refractivity contribution in [1.29, 1.82) is 0 Å². The molecule has 0 unspecified atom stereocenters. The zero-order valence-electron chi connectivity index (χ0n) is 21.5. The highest BCUT2D eigenvalue weighted by molar-refractivity contribution is 6.07. The Bertz CT molecular complexity index is 1560. The maximum absolute atomic E-state index is 13.1. The van der Waals surface area contributed by atoms with E-state index in [-0.39, 0.29) is 30.0 Å². The molecule has 4 aromatic rings. The number of ether oxygens (including phenoxy) is 2. The average Bonchev–Trinajstić information content (AvgIpc) is 3.25. The molecule has 1 saturated carbocycles. The van der Waals surface area contributed by atoms with E-state index >= 15 is 0 Å². The first kappa shape index (κ1) is 24.4. The smallest absolute Gasteiger partial charge is 0.256 e. The van der Waals surface area contributed by atoms with Crippen LogP contribution >= 0.6 is 0 Å². The van der Waals surface area contributed by atoms with Gasteiger partial charge in [-0.1, -0.05) is 12.1 Å². The van der Waals surface area contributed by atoms with Crippen LogP contribution < -0.4 is 10.1 Å². The summed E-state index contributed by atoms with van der Waals surface area (Å²) in [7, 11) is 1.69. The van der Waals surface area contributed by atoms with Crippen LogP contribution in [-0.4, -0.2) is 69.4 Å². The molecule has 2 fully saturated rings. The number of rotatable bonds is 6. The number of aliphatic hydroxyl groups is 1. The molecule has 6 rings (SSSR count). The van der Waals surface area contributed by atoms with Crippen molar-refractivity contribution in [1.82, 2.24) is 19.8 Å². The second-order valence-corrected chi connectivity index (χ2v) is 10.2. The summed E-state index contributed by atoms with van der Waals surface area (Å²) in [5, 5.41) is 19.0. The number of β-amino-alcohol motifs (C(OH)–C–C–N with tert-alkyl or cyclic N) is 1. The molecule has 2 aromatic heterocycles. The lowest BCUT2D eigenvalue weighted by atomic mass is 9.89. The van der Waals surface area contributed by atoms with Gasteiger partial charge < -0.3 is 24.8 Å². The second kappa shape index (κ2) is 9.41. The molecule has 9 heteroatoms. The SMILES string of the molecule is COC1CC(NC(=O)c2cccc3cc(Oc4ccnn5cc(C(=O)N6C[C@@H](O)[C@H]6C)c(C)c45)ccc23)C1. The third-order valence-electron chi connectivity index (χ3n) is 7.90. The number of carbonyl (C=O) groups is 2. The van der Waals surface area contributed by atoms with E-state index in [1.807, 2.05) is 50.2 Å². The molecule has 2 aromatic carbocycles. The van der Waals surface area contributed by atoms with E-state index in [4.69, 9.17) is 9.47 Å². The van der Waals surface area contributed by atoms with E-state index in [0.29, 0.717) is 34.7 Å². The lowest BCUT2D eigenvalue weighted by molar-refractivity contribution is -0.0357. The minimum atomic E-state index is -0.492. The number of carbonyl (C=O) groups excluding carboxylic acids is 2. The fourth-order valence-electron chi connectivity index (χ4n) is 5.32. The number of benzene rings is 2. The summed E-state index contributed by atoms with van der Waals surface area (Å²) in [6, 6.07) is 13.0. The molecule has 0 radical (unpaired) electrons. The van der Waals surface area contributed by atoms with Gasteiger partial charge in [0.05, 0.1) is 30.0 Å². The molecule has 2 atom stereocenters. The van der Waals surface area contributed by atoms with Gasteiger partial charge in [0.25, 0.3) is 11.8 Å². The molecule has 1 saturated heterocycles. The monoisotopic (exact) mass is 514 g/mol. The topological polar surface area (TPSA) is 105 Å². The number of likely N-dealkylation sites (tertiary alicyclic amines) is 1. The van der Waals surface area contributed by atoms with Gasteiger partial charge in [-0.05, 0) is 67.3 Å². The highest BCUT2D eigenvalue weighted by Crippen LogP contribution is 2.34. The van der Waals surface area contributed by atoms with Crippen LogP contribution in [0.4, 0.5) is 0 Å². The van der Waals surface area contributed by atoms with E-state index in [1.165, 1.54) is 0 Å². The number of nitrogens with zero attached hydrogens (tertiary/aromatic N) is 3. The van der Waals surface area contributed by atoms with Crippen molar-refractivity contribution in [3.63, 3.8) is 0 Å². The van der Waals surface area contributed by atoms with Gasteiger partial charge in [-0.2, -0.15) is 5.10 Å². The summed E-state index contributed by atoms with van der Waals surface area (Å²) >= 11 is 0. The lowest BCUT2D eigenvalue weighted by Crippen LogP contribution is -2.60. The average molecular weight is 515 g/mol. The number of fused-ring (bicyclic) bond motifs is 2. The Labute approximate surface area is 219 Å². The maximum atomic E-state index is 13.1. The number of nitrogens with one attached hydrogen (secondary N) is 1. The molecule has 2 amide bonds. The molecule has 3 heterocycles. The Morgan fingerprint density at radius 3 is 2.68 bits per heavy atom. The van der Waals surface area contributed by atoms with Gasteiger partial charge in [0, 0.05) is 37.5 Å². The van der Waals surface area contributed by atoms with Crippen molar-refractivity contribution < 1.29 is 24.2 Å². The van der Waals surface area contributed by atoms with Gasteiger partial charge in [-0.15, -0.1) is 0 Å². The first-order valence-electron chi connectivity index (χ1n) is 12.8. The molecule has 1 aliphatic heterocycles. The molecule has 2 aliphatic rings. The minimum absolute atomic E-state index is 0.0929. The molecule has 38 heavy (non-hydrogen) atoms. The van der Waals surface area contributed by atoms with Gasteiger partial charge in [-0.25, -0.2) is 4.52 Å². The maximum Gasteiger partial charge on any atom is 0.256 e. The van der Waals surface area contributed by atoms with Crippen molar-refractivity contribution >= 4 is 28.1 Å². The Morgan fingerprint density at radius 2 is 1.95 bits per heavy atom. The van der Waals surface area contributed by atoms with Crippen molar-refractivity contribution in [3.05, 3.63) is 71.5 Å². The standard InChI is InChI=1S/C29H30N4O5/c1-16-24(29(36)32-15-25(34)17(32)2)14-33-27(16)26(9-10-30-33)38-20-7-8-22-18(11-20)5-4-6-23(22)28(35)31-19-12-21(13-19)37-3/h4-11,14,17,19,21,25,34H,12-13,15H2,1-3H3,(H,31,35)/t17-,19?,21?,25-/m1/s1. The Kier molecular flexibility index (Phi) is 6.04. The molecule has 0 spiro atoms. The van der Waals surface area contributed by atoms with Crippen molar-refractivity contribution in [2.45, 2.75) is 51.0 Å². The Hall–Kier alpha value is -3.95. The zero-order chi connectivity index (χ0) is 26.6. The van der Waals surface area contributed by atoms with Crippen LogP contribution in [0, 0.1) is 6.92 Å². The lowest BCUT2D eigenvalue weighted by Gasteiger charge is -2.43. The van der Waals surface area contributed by atoms with Gasteiger partial charge in [0.1, 0.15) is 11.3 Å². The number of aromatic nitrogens is 2. The van der Waals surface area contributed by atoms with Gasteiger partial charge in [0.2, 0.25) is 0 Å². The third-order valence-corrected chi connectivity index (χ3v) is 7.90. The molecular formula is C29H30N4O5. The van der Waals surface area contributed by atoms with Gasteiger partial charge in [-0.3, -0.25) is 9.59 Å². The van der Waals surface area contributed by atoms with E-state index in [2.05, 4.69) is 10.4 Å². The number of hydrogen-bond donors (Lipinski definition) is 2. The van der Waals surface area contributed by atoms with Crippen LogP contribution in [-0.2, 0) is 4.74 Å². The zero-order valence-corrected chi connectivity index (χ0v) is 21.5. The van der Waals surface area contributed by atoms with E-state index in [0.717, 1.165) is 29.2 Å². The van der Waals surface area contributed by atoms with Gasteiger partial charge >= 0.3 is 0 Å². The van der Waals surface area contributed by atoms with E-state index in [1.54, 1.807) is 35.0 Å². The number of amides is 2. The van der Waals surface area contributed by atoms with Crippen LogP contribution in [0.2, 0.25) is 0 Å². The minimum Gasteiger partial charge on any atom is -0.455 e. The summed E-state index contributed by atoms with van der Waals surface area (Å²) in [5.74, 6) is 0.954. The van der Waals surface area contributed by atoms with Gasteiger partial charge in [0.15, 0.2) is 5.75 Å². The first-order chi connectivity index (χ1) is 18.3. The number of hydrogen-bond acceptors (Lipinski definition) is 6. The summed E-state index contributed by atoms with van der Waals surface area (Å²) in [4.78, 5) is 27.7. The largest absolute Gasteiger partial charge is 0.455 e. The van der Waals surface area contributed by atoms with Crippen LogP contribution in [0.5, 0.6) is 11.5 Å². The van der Waals surface area contributed by atoms with Crippen LogP contribution in [0.1, 0.15) is 46.0 Å². The molecular weight excluding hydrogens is 484 g/mol. The van der Waals surface area contributed by atoms with Crippen LogP contribution in [0.25, 0.3) is 16.3 Å². The summed E-state index contributed by atoms with van der Waals surface area (Å²) in [6.07, 6.45) is 4.73. The highest BCUT2D eigenvalue weighted by atomic mass is 16.5. The van der Waals surface area contributed by atoms with Crippen molar-refractivity contribution in [2.75, 3.05) is 13.7 Å². The predicted molar refractivity (Wildman–Crippen MR) is 142 cm³/mol. The van der Waals surface area contributed by atoms with Crippen LogP contribution in [0.15, 0.2) is 54.9 Å². The highest BCUT2D eigenvalue weighted by Gasteiger charge is 2.38. The summed E-state index contributed by atoms with van der Waals surface area (Å²) in [5.41, 5.74) is 2.62. The summed E-state index contributed by atoms with van der Waals surface area (Å²) < 4.78 is 13.2. The quantitative estimate of drug-likeness (QED) is 0.407. The second-order valence-electron chi connectivity index (χ2n) is 10.2. The van der Waals surface area contributed by atoms with E-state index in [9.17, 15) is 14.7 Å². The first-order valence-corrected chi connectivity index (χ1v) is 12.8. The Morgan fingerprint density at radius 1 is 1.13 bits per heavy atom. The Balaban J connectivity index is 1.26. The third kappa shape index (κ3) is 4.08. The van der Waals surface area contributed by atoms with Crippen molar-refractivity contribution in [2.24, 2.45) is 0 Å². The fraction of sp³-hybridized carbons (Fsp3) is 0.345. The molecule has 196 valence electrons. The number of aryl methyl sites for hydroxylation is 1. The number of methoxy groups -OCH3 is 1. The molecule has 2 N–H and O–H groups in total. The number of aliphatic hydroxyl groups excluding tert-OH is 1. The van der Waals surface area contributed by atoms with E-state index < -0.39 is 6.10 Å². The predicted octanol–water partition coefficient (Wildman–Crippen LogP) is 3.70. The molecule has 1 aliphatic carbocycles. The normalized spacial score (nSPS) is 22.7. The van der Waals surface area contributed by atoms with Crippen molar-refractivity contribution in [3.8, 4) is 11.5 Å². The van der Waals surface area contributed by atoms with Crippen LogP contribution in [0.3, 0.4) is 0 Å². The summed E-state index contributed by atoms with van der Waals surface area (Å²) in [6.45, 7) is 4.04.